The molecule has 140 valence electrons. The lowest BCUT2D eigenvalue weighted by atomic mass is 9.93. The van der Waals surface area contributed by atoms with E-state index in [9.17, 15) is 0 Å². The topological polar surface area (TPSA) is 9.23 Å². The Morgan fingerprint density at radius 1 is 0.609 bits per heavy atom. The summed E-state index contributed by atoms with van der Waals surface area (Å²) in [4.78, 5) is 0. The second kappa shape index (κ2) is 17.1. The van der Waals surface area contributed by atoms with Gasteiger partial charge in [-0.2, -0.15) is 11.8 Å². The van der Waals surface area contributed by atoms with Crippen molar-refractivity contribution in [2.24, 2.45) is 5.41 Å². The summed E-state index contributed by atoms with van der Waals surface area (Å²) in [5.74, 6) is 1.35. The zero-order valence-electron chi connectivity index (χ0n) is 16.6. The Balaban J connectivity index is 3.00. The van der Waals surface area contributed by atoms with Crippen LogP contribution in [-0.2, 0) is 4.74 Å². The Labute approximate surface area is 151 Å². The smallest absolute Gasteiger partial charge is 0.0471 e. The van der Waals surface area contributed by atoms with Gasteiger partial charge in [-0.3, -0.25) is 0 Å². The van der Waals surface area contributed by atoms with Gasteiger partial charge in [0.15, 0.2) is 0 Å². The highest BCUT2D eigenvalue weighted by Gasteiger charge is 2.08. The second-order valence-corrected chi connectivity index (χ2v) is 9.14. The average Bonchev–Trinajstić information content (AvgIpc) is 2.49. The summed E-state index contributed by atoms with van der Waals surface area (Å²) >= 11 is 1.98. The molecule has 0 heterocycles. The van der Waals surface area contributed by atoms with Crippen LogP contribution in [0.4, 0.5) is 0 Å². The Bertz CT molecular complexity index is 222. The fraction of sp³-hybridized carbons (Fsp3) is 1.00. The molecule has 0 spiro atoms. The minimum absolute atomic E-state index is 0.411. The van der Waals surface area contributed by atoms with Gasteiger partial charge in [0.05, 0.1) is 0 Å². The van der Waals surface area contributed by atoms with Crippen LogP contribution >= 0.6 is 11.8 Å². The van der Waals surface area contributed by atoms with E-state index in [4.69, 9.17) is 4.74 Å². The lowest BCUT2D eigenvalue weighted by Gasteiger charge is -2.17. The minimum Gasteiger partial charge on any atom is -0.381 e. The summed E-state index contributed by atoms with van der Waals surface area (Å²) < 4.78 is 5.72. The van der Waals surface area contributed by atoms with Gasteiger partial charge in [-0.15, -0.1) is 0 Å². The third-order valence-electron chi connectivity index (χ3n) is 4.38. The fourth-order valence-electron chi connectivity index (χ4n) is 2.70. The van der Waals surface area contributed by atoms with Crippen molar-refractivity contribution in [2.45, 2.75) is 104 Å². The molecule has 1 nitrogen and oxygen atoms in total. The molecule has 0 aliphatic rings. The number of hydrogen-bond donors (Lipinski definition) is 0. The summed E-state index contributed by atoms with van der Waals surface area (Å²) in [5.41, 5.74) is 0.411. The van der Waals surface area contributed by atoms with E-state index in [1.807, 2.05) is 11.8 Å². The van der Waals surface area contributed by atoms with E-state index >= 15 is 0 Å². The van der Waals surface area contributed by atoms with Crippen LogP contribution in [0.1, 0.15) is 104 Å². The zero-order valence-corrected chi connectivity index (χ0v) is 17.4. The van der Waals surface area contributed by atoms with Gasteiger partial charge in [-0.05, 0) is 36.7 Å². The molecule has 0 aromatic heterocycles. The maximum atomic E-state index is 5.72. The van der Waals surface area contributed by atoms with E-state index in [-0.39, 0.29) is 0 Å². The molecule has 0 amide bonds. The Morgan fingerprint density at radius 2 is 1.04 bits per heavy atom. The molecule has 0 fully saturated rings. The molecule has 0 bridgehead atoms. The van der Waals surface area contributed by atoms with Crippen molar-refractivity contribution in [2.75, 3.05) is 25.2 Å². The van der Waals surface area contributed by atoms with Gasteiger partial charge < -0.3 is 4.74 Å². The molecular weight excluding hydrogens is 300 g/mol. The molecule has 0 aliphatic carbocycles. The van der Waals surface area contributed by atoms with Crippen molar-refractivity contribution in [1.29, 1.82) is 0 Å². The van der Waals surface area contributed by atoms with Gasteiger partial charge in [0.1, 0.15) is 0 Å². The van der Waals surface area contributed by atoms with Crippen molar-refractivity contribution < 1.29 is 4.74 Å². The van der Waals surface area contributed by atoms with Gasteiger partial charge >= 0.3 is 0 Å². The van der Waals surface area contributed by atoms with Gasteiger partial charge in [-0.25, -0.2) is 0 Å². The second-order valence-electron chi connectivity index (χ2n) is 8.16. The van der Waals surface area contributed by atoms with Crippen LogP contribution in [0.2, 0.25) is 0 Å². The number of unbranched alkanes of at least 4 members (excludes halogenated alkanes) is 11. The van der Waals surface area contributed by atoms with Gasteiger partial charge in [0.2, 0.25) is 0 Å². The molecule has 0 saturated heterocycles. The molecular formula is C21H44OS. The maximum absolute atomic E-state index is 5.72. The highest BCUT2D eigenvalue weighted by Crippen LogP contribution is 2.18. The molecule has 0 saturated carbocycles. The Kier molecular flexibility index (Phi) is 17.4. The van der Waals surface area contributed by atoms with Crippen LogP contribution in [-0.4, -0.2) is 25.2 Å². The SMILES string of the molecule is CSCCCCCCCCCCCCCCOCCC(C)(C)C. The van der Waals surface area contributed by atoms with Crippen molar-refractivity contribution >= 4 is 11.8 Å². The first-order valence-corrected chi connectivity index (χ1v) is 11.5. The van der Waals surface area contributed by atoms with Crippen LogP contribution in [0, 0.1) is 5.41 Å². The predicted molar refractivity (Wildman–Crippen MR) is 109 cm³/mol. The number of thioether (sulfide) groups is 1. The van der Waals surface area contributed by atoms with E-state index in [2.05, 4.69) is 27.0 Å². The fourth-order valence-corrected chi connectivity index (χ4v) is 3.19. The lowest BCUT2D eigenvalue weighted by molar-refractivity contribution is 0.105. The zero-order chi connectivity index (χ0) is 17.2. The van der Waals surface area contributed by atoms with Gasteiger partial charge in [0, 0.05) is 13.2 Å². The molecule has 0 aromatic rings. The average molecular weight is 345 g/mol. The van der Waals surface area contributed by atoms with E-state index in [0.717, 1.165) is 13.2 Å². The summed E-state index contributed by atoms with van der Waals surface area (Å²) in [7, 11) is 0. The number of ether oxygens (including phenoxy) is 1. The molecule has 2 heteroatoms. The summed E-state index contributed by atoms with van der Waals surface area (Å²) in [6.45, 7) is 8.74. The van der Waals surface area contributed by atoms with E-state index in [1.54, 1.807) is 0 Å². The summed E-state index contributed by atoms with van der Waals surface area (Å²) in [6.07, 6.45) is 20.4. The highest BCUT2D eigenvalue weighted by molar-refractivity contribution is 7.98. The number of hydrogen-bond acceptors (Lipinski definition) is 2. The Hall–Kier alpha value is 0.310. The molecule has 0 aliphatic heterocycles. The maximum Gasteiger partial charge on any atom is 0.0471 e. The van der Waals surface area contributed by atoms with Crippen molar-refractivity contribution in [3.8, 4) is 0 Å². The summed E-state index contributed by atoms with van der Waals surface area (Å²) in [6, 6.07) is 0. The monoisotopic (exact) mass is 344 g/mol. The highest BCUT2D eigenvalue weighted by atomic mass is 32.2. The Morgan fingerprint density at radius 3 is 1.48 bits per heavy atom. The van der Waals surface area contributed by atoms with Crippen LogP contribution in [0.15, 0.2) is 0 Å². The van der Waals surface area contributed by atoms with Crippen molar-refractivity contribution in [1.82, 2.24) is 0 Å². The van der Waals surface area contributed by atoms with E-state index in [0.29, 0.717) is 5.41 Å². The first kappa shape index (κ1) is 23.3. The first-order chi connectivity index (χ1) is 11.1. The molecule has 23 heavy (non-hydrogen) atoms. The van der Waals surface area contributed by atoms with Crippen molar-refractivity contribution in [3.05, 3.63) is 0 Å². The van der Waals surface area contributed by atoms with Gasteiger partial charge in [-0.1, -0.05) is 85.0 Å². The molecule has 0 N–H and O–H groups in total. The normalized spacial score (nSPS) is 12.0. The van der Waals surface area contributed by atoms with Crippen LogP contribution in [0.5, 0.6) is 0 Å². The van der Waals surface area contributed by atoms with Crippen molar-refractivity contribution in [3.63, 3.8) is 0 Å². The van der Waals surface area contributed by atoms with Crippen LogP contribution in [0.3, 0.4) is 0 Å². The van der Waals surface area contributed by atoms with E-state index < -0.39 is 0 Å². The van der Waals surface area contributed by atoms with Gasteiger partial charge in [0.25, 0.3) is 0 Å². The van der Waals surface area contributed by atoms with Crippen LogP contribution in [0.25, 0.3) is 0 Å². The van der Waals surface area contributed by atoms with Crippen LogP contribution < -0.4 is 0 Å². The molecule has 0 unspecified atom stereocenters. The lowest BCUT2D eigenvalue weighted by Crippen LogP contribution is -2.09. The van der Waals surface area contributed by atoms with E-state index in [1.165, 1.54) is 89.2 Å². The third kappa shape index (κ3) is 22.3. The predicted octanol–water partition coefficient (Wildman–Crippen LogP) is 7.48. The summed E-state index contributed by atoms with van der Waals surface area (Å²) in [5, 5.41) is 0. The quantitative estimate of drug-likeness (QED) is 0.253. The molecule has 0 radical (unpaired) electrons. The minimum atomic E-state index is 0.411. The largest absolute Gasteiger partial charge is 0.381 e. The third-order valence-corrected chi connectivity index (χ3v) is 5.08. The standard InChI is InChI=1S/C21H44OS/c1-21(2,3)17-19-22-18-15-13-11-9-7-5-6-8-10-12-14-16-20-23-4/h5-20H2,1-4H3. The number of rotatable bonds is 17. The first-order valence-electron chi connectivity index (χ1n) is 10.1. The molecule has 0 aromatic carbocycles. The molecule has 0 rings (SSSR count). The molecule has 0 atom stereocenters.